The second-order valence-electron chi connectivity index (χ2n) is 16.0. The van der Waals surface area contributed by atoms with Crippen LogP contribution >= 0.6 is 0 Å². The lowest BCUT2D eigenvalue weighted by atomic mass is 10.0. The van der Waals surface area contributed by atoms with Crippen molar-refractivity contribution in [3.8, 4) is 0 Å². The molecule has 12 heteroatoms. The maximum absolute atomic E-state index is 12.6. The molecular weight excluding hydrogens is 705 g/mol. The van der Waals surface area contributed by atoms with E-state index in [1.54, 1.807) is 21.8 Å². The number of nitrogens with zero attached hydrogens (tertiary/aromatic N) is 8. The van der Waals surface area contributed by atoms with Crippen molar-refractivity contribution in [1.82, 2.24) is 28.9 Å². The number of hydrogen-bond donors (Lipinski definition) is 0. The van der Waals surface area contributed by atoms with Gasteiger partial charge in [-0.1, -0.05) is 39.5 Å². The van der Waals surface area contributed by atoms with E-state index in [-0.39, 0.29) is 11.8 Å². The number of piperidine rings is 2. The largest absolute Gasteiger partial charge is 0.379 e. The molecule has 0 atom stereocenters. The summed E-state index contributed by atoms with van der Waals surface area (Å²) < 4.78 is 14.4. The smallest absolute Gasteiger partial charge is 0.232 e. The molecule has 0 saturated carbocycles. The van der Waals surface area contributed by atoms with Gasteiger partial charge in [-0.15, -0.1) is 0 Å². The van der Waals surface area contributed by atoms with Crippen LogP contribution in [0.3, 0.4) is 0 Å². The highest BCUT2D eigenvalue weighted by molar-refractivity contribution is 5.92. The van der Waals surface area contributed by atoms with Gasteiger partial charge in [-0.3, -0.25) is 28.5 Å². The Kier molecular flexibility index (Phi) is 14.4. The molecule has 0 amide bonds. The highest BCUT2D eigenvalue weighted by Gasteiger charge is 2.28. The van der Waals surface area contributed by atoms with Crippen molar-refractivity contribution in [3.63, 3.8) is 0 Å². The Balaban J connectivity index is 0.000000172. The number of carbonyl (C=O) groups excluding carboxylic acids is 2. The molecule has 4 aliphatic heterocycles. The van der Waals surface area contributed by atoms with Crippen LogP contribution in [0.1, 0.15) is 100 Å². The molecule has 0 radical (unpaired) electrons. The summed E-state index contributed by atoms with van der Waals surface area (Å²) >= 11 is 0. The van der Waals surface area contributed by atoms with Crippen LogP contribution in [0.25, 0.3) is 22.1 Å². The molecule has 8 rings (SSSR count). The lowest BCUT2D eigenvalue weighted by molar-refractivity contribution is 0.0115. The van der Waals surface area contributed by atoms with E-state index in [9.17, 15) is 9.59 Å². The first kappa shape index (κ1) is 40.4. The molecule has 4 saturated heterocycles. The summed E-state index contributed by atoms with van der Waals surface area (Å²) in [4.78, 5) is 44.1. The van der Waals surface area contributed by atoms with Crippen molar-refractivity contribution in [2.45, 2.75) is 103 Å². The van der Waals surface area contributed by atoms with E-state index in [1.165, 1.54) is 37.1 Å². The maximum atomic E-state index is 12.6. The predicted octanol–water partition coefficient (Wildman–Crippen LogP) is 7.12. The third kappa shape index (κ3) is 9.99. The third-order valence-electron chi connectivity index (χ3n) is 12.4. The molecule has 6 heterocycles. The number of hydrogen-bond acceptors (Lipinski definition) is 10. The second-order valence-corrected chi connectivity index (χ2v) is 16.0. The first-order chi connectivity index (χ1) is 27.5. The van der Waals surface area contributed by atoms with Crippen molar-refractivity contribution in [3.05, 3.63) is 49.1 Å². The number of carbonyl (C=O) groups is 2. The van der Waals surface area contributed by atoms with Crippen LogP contribution in [0.4, 0.5) is 11.4 Å². The zero-order valence-electron chi connectivity index (χ0n) is 34.0. The molecule has 12 nitrogen and oxygen atoms in total. The summed E-state index contributed by atoms with van der Waals surface area (Å²) in [6, 6.07) is 14.1. The van der Waals surface area contributed by atoms with Gasteiger partial charge in [0, 0.05) is 88.7 Å². The molecule has 4 fully saturated rings. The van der Waals surface area contributed by atoms with E-state index in [0.29, 0.717) is 24.9 Å². The van der Waals surface area contributed by atoms with E-state index < -0.39 is 0 Å². The van der Waals surface area contributed by atoms with E-state index in [4.69, 9.17) is 9.47 Å². The number of benzene rings is 2. The minimum atomic E-state index is 0.148. The van der Waals surface area contributed by atoms with Crippen LogP contribution in [0, 0.1) is 0 Å². The first-order valence-electron chi connectivity index (χ1n) is 21.7. The topological polar surface area (TPSA) is 101 Å². The number of aromatic nitrogens is 4. The summed E-state index contributed by atoms with van der Waals surface area (Å²) in [5.41, 5.74) is 6.10. The van der Waals surface area contributed by atoms with Crippen LogP contribution in [-0.4, -0.2) is 132 Å². The molecule has 4 aliphatic rings. The fourth-order valence-corrected chi connectivity index (χ4v) is 8.95. The monoisotopic (exact) mass is 769 g/mol. The average molecular weight is 769 g/mol. The maximum Gasteiger partial charge on any atom is 0.232 e. The normalized spacial score (nSPS) is 19.4. The van der Waals surface area contributed by atoms with Crippen LogP contribution in [0.2, 0.25) is 0 Å². The summed E-state index contributed by atoms with van der Waals surface area (Å²) in [6.07, 6.45) is 15.7. The van der Waals surface area contributed by atoms with Gasteiger partial charge in [-0.05, 0) is 74.9 Å². The van der Waals surface area contributed by atoms with E-state index in [1.807, 2.05) is 0 Å². The summed E-state index contributed by atoms with van der Waals surface area (Å²) in [7, 11) is 0. The third-order valence-corrected chi connectivity index (χ3v) is 12.4. The van der Waals surface area contributed by atoms with Crippen LogP contribution in [0.15, 0.2) is 49.1 Å². The van der Waals surface area contributed by atoms with Gasteiger partial charge in [0.1, 0.15) is 12.7 Å². The standard InChI is InChI=1S/2C22H32N4O2/c1-2-3-4-5-22(27)26-17-23-20-16-19(6-7-21(20)26)24-10-8-18(9-11-24)25-12-14-28-15-13-25;1-2-3-4-5-22(27)26-17-23-20-7-6-19(16-21(20)26)24-10-8-18(9-11-24)25-12-14-28-15-13-25/h2*6-7,16-18H,2-5,8-15H2,1H3. The van der Waals surface area contributed by atoms with E-state index >= 15 is 0 Å². The molecule has 0 bridgehead atoms. The van der Waals surface area contributed by atoms with Crippen LogP contribution < -0.4 is 9.80 Å². The number of unbranched alkanes of at least 4 members (excludes halogenated alkanes) is 4. The molecule has 4 aromatic rings. The van der Waals surface area contributed by atoms with Crippen molar-refractivity contribution in [2.24, 2.45) is 0 Å². The highest BCUT2D eigenvalue weighted by atomic mass is 16.5. The number of imidazole rings is 2. The average Bonchev–Trinajstić information content (AvgIpc) is 3.89. The van der Waals surface area contributed by atoms with Gasteiger partial charge >= 0.3 is 0 Å². The second kappa shape index (κ2) is 20.0. The van der Waals surface area contributed by atoms with Crippen molar-refractivity contribution >= 4 is 45.3 Å². The molecule has 0 spiro atoms. The molecule has 304 valence electrons. The highest BCUT2D eigenvalue weighted by Crippen LogP contribution is 2.28. The Bertz CT molecular complexity index is 1850. The van der Waals surface area contributed by atoms with Gasteiger partial charge in [0.2, 0.25) is 11.8 Å². The van der Waals surface area contributed by atoms with Gasteiger partial charge in [-0.2, -0.15) is 0 Å². The molecule has 0 N–H and O–H groups in total. The Hall–Kier alpha value is -3.84. The van der Waals surface area contributed by atoms with Gasteiger partial charge in [0.15, 0.2) is 0 Å². The van der Waals surface area contributed by atoms with Gasteiger partial charge in [0.25, 0.3) is 0 Å². The number of anilines is 2. The molecule has 0 aliphatic carbocycles. The van der Waals surface area contributed by atoms with Gasteiger partial charge < -0.3 is 19.3 Å². The quantitative estimate of drug-likeness (QED) is 0.139. The lowest BCUT2D eigenvalue weighted by Crippen LogP contribution is -2.49. The van der Waals surface area contributed by atoms with Crippen molar-refractivity contribution in [2.75, 3.05) is 88.6 Å². The number of rotatable bonds is 12. The van der Waals surface area contributed by atoms with E-state index in [0.717, 1.165) is 139 Å². The Morgan fingerprint density at radius 2 is 1.04 bits per heavy atom. The zero-order valence-corrected chi connectivity index (χ0v) is 34.0. The van der Waals surface area contributed by atoms with Crippen LogP contribution in [-0.2, 0) is 9.47 Å². The van der Waals surface area contributed by atoms with Gasteiger partial charge in [0.05, 0.1) is 48.5 Å². The fraction of sp³-hybridized carbons (Fsp3) is 0.636. The SMILES string of the molecule is CCCCCC(=O)n1cnc2cc(N3CCC(N4CCOCC4)CC3)ccc21.CCCCCC(=O)n1cnc2ccc(N3CCC(N4CCOCC4)CC3)cc21. The summed E-state index contributed by atoms with van der Waals surface area (Å²) in [6.45, 7) is 16.3. The number of morpholine rings is 2. The lowest BCUT2D eigenvalue weighted by Gasteiger charge is -2.40. The van der Waals surface area contributed by atoms with E-state index in [2.05, 4.69) is 79.8 Å². The predicted molar refractivity (Wildman–Crippen MR) is 224 cm³/mol. The fourth-order valence-electron chi connectivity index (χ4n) is 8.95. The minimum Gasteiger partial charge on any atom is -0.379 e. The number of ether oxygens (including phenoxy) is 2. The zero-order chi connectivity index (χ0) is 38.7. The molecular formula is C44H64N8O4. The Morgan fingerprint density at radius 1 is 0.571 bits per heavy atom. The Labute approximate surface area is 333 Å². The van der Waals surface area contributed by atoms with Crippen molar-refractivity contribution < 1.29 is 19.1 Å². The van der Waals surface area contributed by atoms with Crippen LogP contribution in [0.5, 0.6) is 0 Å². The Morgan fingerprint density at radius 3 is 1.55 bits per heavy atom. The molecule has 2 aromatic carbocycles. The van der Waals surface area contributed by atoms with Crippen molar-refractivity contribution in [1.29, 1.82) is 0 Å². The summed E-state index contributed by atoms with van der Waals surface area (Å²) in [5, 5.41) is 0. The molecule has 0 unspecified atom stereocenters. The number of fused-ring (bicyclic) bond motifs is 2. The molecule has 2 aromatic heterocycles. The molecule has 56 heavy (non-hydrogen) atoms. The van der Waals surface area contributed by atoms with Gasteiger partial charge in [-0.25, -0.2) is 9.97 Å². The first-order valence-corrected chi connectivity index (χ1v) is 21.7. The summed E-state index contributed by atoms with van der Waals surface area (Å²) in [5.74, 6) is 0.300. The minimum absolute atomic E-state index is 0.148.